The molecule has 1 aromatic carbocycles. The zero-order valence-electron chi connectivity index (χ0n) is 8.13. The minimum absolute atomic E-state index is 0.643. The summed E-state index contributed by atoms with van der Waals surface area (Å²) in [5.41, 5.74) is 6.64. The monoisotopic (exact) mass is 189 g/mol. The van der Waals surface area contributed by atoms with Gasteiger partial charge in [-0.3, -0.25) is 4.79 Å². The number of benzene rings is 1. The van der Waals surface area contributed by atoms with Gasteiger partial charge < -0.3 is 10.5 Å². The van der Waals surface area contributed by atoms with E-state index < -0.39 is 5.91 Å². The molecule has 72 valence electrons. The molecule has 0 radical (unpaired) electrons. The molecule has 0 saturated carbocycles. The predicted octanol–water partition coefficient (Wildman–Crippen LogP) is 0.840. The Morgan fingerprint density at radius 2 is 2.21 bits per heavy atom. The molecule has 1 amide bonds. The molecule has 1 rings (SSSR count). The lowest BCUT2D eigenvalue weighted by molar-refractivity contribution is -0.112. The van der Waals surface area contributed by atoms with Gasteiger partial charge in [0.15, 0.2) is 0 Å². The number of hydrogen-bond acceptors (Lipinski definition) is 2. The average Bonchev–Trinajstić information content (AvgIpc) is 2.15. The van der Waals surface area contributed by atoms with Crippen LogP contribution in [0.2, 0.25) is 0 Å². The fraction of sp³-hybridized carbons (Fsp3) is 0.182. The third-order valence-electron chi connectivity index (χ3n) is 1.68. The minimum Gasteiger partial charge on any atom is -0.495 e. The van der Waals surface area contributed by atoms with Crippen LogP contribution in [-0.2, 0) is 4.79 Å². The van der Waals surface area contributed by atoms with Crippen molar-refractivity contribution in [3.05, 3.63) is 29.3 Å². The number of ether oxygens (including phenoxy) is 1. The van der Waals surface area contributed by atoms with E-state index in [1.165, 1.54) is 0 Å². The quantitative estimate of drug-likeness (QED) is 0.665. The number of methoxy groups -OCH3 is 1. The van der Waals surface area contributed by atoms with E-state index in [2.05, 4.69) is 11.8 Å². The largest absolute Gasteiger partial charge is 0.495 e. The molecule has 0 aliphatic rings. The lowest BCUT2D eigenvalue weighted by atomic mass is 10.1. The van der Waals surface area contributed by atoms with Crippen LogP contribution < -0.4 is 10.5 Å². The van der Waals surface area contributed by atoms with Crippen molar-refractivity contribution in [1.82, 2.24) is 0 Å². The van der Waals surface area contributed by atoms with Crippen molar-refractivity contribution in [2.45, 2.75) is 6.92 Å². The van der Waals surface area contributed by atoms with Crippen molar-refractivity contribution < 1.29 is 9.53 Å². The Morgan fingerprint density at radius 3 is 2.79 bits per heavy atom. The number of rotatable bonds is 1. The number of nitrogens with two attached hydrogens (primary N) is 1. The van der Waals surface area contributed by atoms with Crippen LogP contribution in [0.5, 0.6) is 5.75 Å². The van der Waals surface area contributed by atoms with Crippen molar-refractivity contribution in [3.8, 4) is 17.6 Å². The van der Waals surface area contributed by atoms with E-state index in [9.17, 15) is 4.79 Å². The molecule has 3 nitrogen and oxygen atoms in total. The Labute approximate surface area is 82.9 Å². The van der Waals surface area contributed by atoms with Gasteiger partial charge in [-0.2, -0.15) is 0 Å². The number of amides is 1. The first-order valence-corrected chi connectivity index (χ1v) is 4.09. The first kappa shape index (κ1) is 10.1. The normalized spacial score (nSPS) is 8.71. The predicted molar refractivity (Wildman–Crippen MR) is 53.8 cm³/mol. The van der Waals surface area contributed by atoms with Crippen molar-refractivity contribution in [1.29, 1.82) is 0 Å². The number of carbonyl (C=O) groups is 1. The highest BCUT2D eigenvalue weighted by Crippen LogP contribution is 2.17. The summed E-state index contributed by atoms with van der Waals surface area (Å²) in [5, 5.41) is 0. The van der Waals surface area contributed by atoms with Crippen molar-refractivity contribution in [2.24, 2.45) is 5.73 Å². The lowest BCUT2D eigenvalue weighted by Gasteiger charge is -2.03. The van der Waals surface area contributed by atoms with Gasteiger partial charge in [0.1, 0.15) is 5.75 Å². The summed E-state index contributed by atoms with van der Waals surface area (Å²) in [7, 11) is 1.56. The number of carbonyl (C=O) groups excluding carboxylic acids is 1. The Balaban J connectivity index is 3.13. The Morgan fingerprint density at radius 1 is 1.50 bits per heavy atom. The summed E-state index contributed by atoms with van der Waals surface area (Å²) >= 11 is 0. The Kier molecular flexibility index (Phi) is 3.14. The van der Waals surface area contributed by atoms with Gasteiger partial charge in [0, 0.05) is 5.92 Å². The molecular weight excluding hydrogens is 178 g/mol. The fourth-order valence-electron chi connectivity index (χ4n) is 1.05. The Bertz CT molecular complexity index is 413. The summed E-state index contributed by atoms with van der Waals surface area (Å²) in [6, 6.07) is 5.56. The van der Waals surface area contributed by atoms with Crippen LogP contribution in [0, 0.1) is 18.8 Å². The van der Waals surface area contributed by atoms with Gasteiger partial charge in [-0.05, 0) is 24.6 Å². The molecule has 0 heterocycles. The van der Waals surface area contributed by atoms with Crippen molar-refractivity contribution in [3.63, 3.8) is 0 Å². The summed E-state index contributed by atoms with van der Waals surface area (Å²) in [4.78, 5) is 10.5. The minimum atomic E-state index is -0.645. The third-order valence-corrected chi connectivity index (χ3v) is 1.68. The van der Waals surface area contributed by atoms with Gasteiger partial charge in [0.05, 0.1) is 12.7 Å². The molecule has 1 aromatic rings. The molecule has 0 bridgehead atoms. The van der Waals surface area contributed by atoms with E-state index in [1.54, 1.807) is 13.2 Å². The summed E-state index contributed by atoms with van der Waals surface area (Å²) in [6.07, 6.45) is 0. The zero-order valence-corrected chi connectivity index (χ0v) is 8.13. The second kappa shape index (κ2) is 4.33. The van der Waals surface area contributed by atoms with Gasteiger partial charge in [-0.15, -0.1) is 0 Å². The van der Waals surface area contributed by atoms with E-state index in [0.717, 1.165) is 5.56 Å². The highest BCUT2D eigenvalue weighted by molar-refractivity contribution is 5.92. The first-order chi connectivity index (χ1) is 6.63. The summed E-state index contributed by atoms with van der Waals surface area (Å²) in [6.45, 7) is 1.94. The molecule has 0 spiro atoms. The summed E-state index contributed by atoms with van der Waals surface area (Å²) in [5.74, 6) is 4.93. The number of aryl methyl sites for hydroxylation is 1. The van der Waals surface area contributed by atoms with E-state index >= 15 is 0 Å². The molecule has 2 N–H and O–H groups in total. The van der Waals surface area contributed by atoms with Crippen LogP contribution in [0.25, 0.3) is 0 Å². The molecule has 0 saturated heterocycles. The SMILES string of the molecule is COc1ccc(C)cc1C#CC(N)=O. The average molecular weight is 189 g/mol. The van der Waals surface area contributed by atoms with Crippen molar-refractivity contribution in [2.75, 3.05) is 7.11 Å². The molecule has 3 heteroatoms. The van der Waals surface area contributed by atoms with Crippen LogP contribution >= 0.6 is 0 Å². The van der Waals surface area contributed by atoms with Crippen LogP contribution in [0.4, 0.5) is 0 Å². The van der Waals surface area contributed by atoms with Gasteiger partial charge >= 0.3 is 0 Å². The standard InChI is InChI=1S/C11H11NO2/c1-8-3-5-10(14-2)9(7-8)4-6-11(12)13/h3,5,7H,1-2H3,(H2,12,13). The van der Waals surface area contributed by atoms with Gasteiger partial charge in [-0.25, -0.2) is 0 Å². The highest BCUT2D eigenvalue weighted by atomic mass is 16.5. The van der Waals surface area contributed by atoms with Gasteiger partial charge in [0.25, 0.3) is 5.91 Å². The lowest BCUT2D eigenvalue weighted by Crippen LogP contribution is -2.06. The molecular formula is C11H11NO2. The Hall–Kier alpha value is -1.95. The molecule has 0 aliphatic carbocycles. The smallest absolute Gasteiger partial charge is 0.293 e. The van der Waals surface area contributed by atoms with E-state index in [-0.39, 0.29) is 0 Å². The molecule has 0 aliphatic heterocycles. The topological polar surface area (TPSA) is 52.3 Å². The molecule has 14 heavy (non-hydrogen) atoms. The maximum absolute atomic E-state index is 10.5. The molecule has 0 fully saturated rings. The number of primary amides is 1. The second-order valence-corrected chi connectivity index (χ2v) is 2.82. The third kappa shape index (κ3) is 2.53. The van der Waals surface area contributed by atoms with Crippen molar-refractivity contribution >= 4 is 5.91 Å². The van der Waals surface area contributed by atoms with E-state index in [4.69, 9.17) is 10.5 Å². The van der Waals surface area contributed by atoms with Crippen LogP contribution in [-0.4, -0.2) is 13.0 Å². The van der Waals surface area contributed by atoms with E-state index in [1.807, 2.05) is 19.1 Å². The molecule has 0 unspecified atom stereocenters. The maximum Gasteiger partial charge on any atom is 0.293 e. The zero-order chi connectivity index (χ0) is 10.6. The van der Waals surface area contributed by atoms with E-state index in [0.29, 0.717) is 11.3 Å². The molecule has 0 atom stereocenters. The van der Waals surface area contributed by atoms with Crippen LogP contribution in [0.1, 0.15) is 11.1 Å². The fourth-order valence-corrected chi connectivity index (χ4v) is 1.05. The second-order valence-electron chi connectivity index (χ2n) is 2.82. The van der Waals surface area contributed by atoms with Gasteiger partial charge in [-0.1, -0.05) is 12.0 Å². The van der Waals surface area contributed by atoms with Crippen LogP contribution in [0.15, 0.2) is 18.2 Å². The first-order valence-electron chi connectivity index (χ1n) is 4.09. The summed E-state index contributed by atoms with van der Waals surface area (Å²) < 4.78 is 5.08. The van der Waals surface area contributed by atoms with Crippen LogP contribution in [0.3, 0.4) is 0 Å². The number of hydrogen-bond donors (Lipinski definition) is 1. The highest BCUT2D eigenvalue weighted by Gasteiger charge is 1.99. The molecule has 0 aromatic heterocycles. The maximum atomic E-state index is 10.5. The van der Waals surface area contributed by atoms with Gasteiger partial charge in [0.2, 0.25) is 0 Å².